The molecule has 3 aromatic rings. The second kappa shape index (κ2) is 11.6. The Morgan fingerprint density at radius 2 is 1.74 bits per heavy atom. The summed E-state index contributed by atoms with van der Waals surface area (Å²) in [6, 6.07) is 7.31. The van der Waals surface area contributed by atoms with E-state index in [1.54, 1.807) is 13.0 Å². The Balaban J connectivity index is 0.000000795. The molecule has 3 N–H and O–H groups in total. The first-order valence-electron chi connectivity index (χ1n) is 11.4. The van der Waals surface area contributed by atoms with Crippen molar-refractivity contribution in [1.29, 1.82) is 0 Å². The lowest BCUT2D eigenvalue weighted by molar-refractivity contribution is 0.0944. The Labute approximate surface area is 201 Å². The van der Waals surface area contributed by atoms with Gasteiger partial charge in [0.25, 0.3) is 5.91 Å². The molecule has 1 amide bonds. The Kier molecular flexibility index (Phi) is 8.62. The normalized spacial score (nSPS) is 13.7. The van der Waals surface area contributed by atoms with E-state index >= 15 is 0 Å². The summed E-state index contributed by atoms with van der Waals surface area (Å²) in [5, 5.41) is 21.5. The van der Waals surface area contributed by atoms with Crippen LogP contribution in [0.4, 0.5) is 13.6 Å². The molecular weight excluding hydrogens is 460 g/mol. The van der Waals surface area contributed by atoms with Gasteiger partial charge in [0.2, 0.25) is 5.88 Å². The summed E-state index contributed by atoms with van der Waals surface area (Å²) in [6.07, 6.45) is 4.18. The fraction of sp³-hybridized carbons (Fsp3) is 0.400. The van der Waals surface area contributed by atoms with Crippen molar-refractivity contribution in [3.05, 3.63) is 64.4 Å². The molecule has 8 nitrogen and oxygen atoms in total. The van der Waals surface area contributed by atoms with Crippen LogP contribution in [0.5, 0.6) is 5.88 Å². The van der Waals surface area contributed by atoms with E-state index in [-0.39, 0.29) is 18.1 Å². The van der Waals surface area contributed by atoms with E-state index in [9.17, 15) is 13.6 Å². The number of aromatic nitrogens is 2. The summed E-state index contributed by atoms with van der Waals surface area (Å²) >= 11 is 0. The number of pyridine rings is 1. The van der Waals surface area contributed by atoms with Gasteiger partial charge in [-0.15, -0.1) is 0 Å². The average molecular weight is 490 g/mol. The fourth-order valence-corrected chi connectivity index (χ4v) is 4.28. The Bertz CT molecular complexity index is 1180. The van der Waals surface area contributed by atoms with E-state index in [0.717, 1.165) is 18.4 Å². The van der Waals surface area contributed by atoms with Gasteiger partial charge in [-0.2, -0.15) is 9.61 Å². The molecule has 10 heteroatoms. The van der Waals surface area contributed by atoms with E-state index in [1.165, 1.54) is 42.0 Å². The van der Waals surface area contributed by atoms with Gasteiger partial charge >= 0.3 is 6.16 Å². The van der Waals surface area contributed by atoms with Crippen molar-refractivity contribution in [2.24, 2.45) is 5.92 Å². The Morgan fingerprint density at radius 1 is 1.11 bits per heavy atom. The molecule has 0 bridgehead atoms. The largest absolute Gasteiger partial charge is 0.503 e. The molecule has 1 aromatic carbocycles. The number of aryl methyl sites for hydroxylation is 2. The number of amides is 1. The molecule has 1 fully saturated rings. The molecular formula is C25H29F2N3O5. The van der Waals surface area contributed by atoms with Crippen molar-refractivity contribution in [2.75, 3.05) is 6.54 Å². The molecule has 0 aliphatic heterocycles. The van der Waals surface area contributed by atoms with Gasteiger partial charge < -0.3 is 20.3 Å². The van der Waals surface area contributed by atoms with Gasteiger partial charge in [-0.25, -0.2) is 13.6 Å². The van der Waals surface area contributed by atoms with Crippen LogP contribution in [0.2, 0.25) is 0 Å². The van der Waals surface area contributed by atoms with Crippen molar-refractivity contribution >= 4 is 17.6 Å². The second-order valence-corrected chi connectivity index (χ2v) is 8.61. The highest BCUT2D eigenvalue weighted by molar-refractivity contribution is 6.02. The number of nitrogens with zero attached hydrogens (tertiary/aromatic N) is 2. The van der Waals surface area contributed by atoms with Gasteiger partial charge in [0, 0.05) is 12.6 Å². The summed E-state index contributed by atoms with van der Waals surface area (Å²) in [4.78, 5) is 21.5. The van der Waals surface area contributed by atoms with Gasteiger partial charge in [-0.05, 0) is 56.4 Å². The summed E-state index contributed by atoms with van der Waals surface area (Å²) in [5.41, 5.74) is 2.40. The smallest absolute Gasteiger partial charge is 0.473 e. The van der Waals surface area contributed by atoms with E-state index in [1.807, 2.05) is 13.0 Å². The van der Waals surface area contributed by atoms with Crippen molar-refractivity contribution < 1.29 is 33.3 Å². The molecule has 1 aliphatic carbocycles. The molecule has 188 valence electrons. The molecule has 4 rings (SSSR count). The molecule has 0 radical (unpaired) electrons. The first-order valence-corrected chi connectivity index (χ1v) is 11.4. The molecule has 35 heavy (non-hydrogen) atoms. The second-order valence-electron chi connectivity index (χ2n) is 8.61. The first kappa shape index (κ1) is 25.9. The monoisotopic (exact) mass is 489 g/mol. The molecule has 0 saturated heterocycles. The molecule has 2 aromatic heterocycles. The number of benzene rings is 1. The number of carbonyl (C=O) groups is 2. The lowest BCUT2D eigenvalue weighted by atomic mass is 9.89. The molecule has 0 spiro atoms. The number of hydrogen-bond donors (Lipinski definition) is 3. The molecule has 1 saturated carbocycles. The highest BCUT2D eigenvalue weighted by Crippen LogP contribution is 2.26. The first-order chi connectivity index (χ1) is 16.7. The number of carbonyl (C=O) groups excluding carboxylic acids is 1. The van der Waals surface area contributed by atoms with Gasteiger partial charge in [-0.1, -0.05) is 25.3 Å². The quantitative estimate of drug-likeness (QED) is 0.431. The van der Waals surface area contributed by atoms with Crippen LogP contribution in [0.15, 0.2) is 30.3 Å². The third-order valence-corrected chi connectivity index (χ3v) is 5.95. The molecule has 0 atom stereocenters. The highest BCUT2D eigenvalue weighted by atomic mass is 19.1. The molecule has 0 unspecified atom stereocenters. The lowest BCUT2D eigenvalue weighted by Crippen LogP contribution is -2.30. The minimum absolute atomic E-state index is 0.147. The third kappa shape index (κ3) is 6.68. The number of fused-ring (bicyclic) bond motifs is 1. The summed E-state index contributed by atoms with van der Waals surface area (Å²) in [7, 11) is 0. The number of rotatable bonds is 6. The van der Waals surface area contributed by atoms with E-state index in [0.29, 0.717) is 35.1 Å². The maximum absolute atomic E-state index is 14.0. The van der Waals surface area contributed by atoms with Crippen molar-refractivity contribution in [2.45, 2.75) is 52.6 Å². The van der Waals surface area contributed by atoms with Crippen LogP contribution < -0.4 is 10.1 Å². The van der Waals surface area contributed by atoms with Crippen LogP contribution in [0.3, 0.4) is 0 Å². The zero-order valence-electron chi connectivity index (χ0n) is 19.7. The summed E-state index contributed by atoms with van der Waals surface area (Å²) < 4.78 is 35.2. The summed E-state index contributed by atoms with van der Waals surface area (Å²) in [6.45, 7) is 4.04. The fourth-order valence-electron chi connectivity index (χ4n) is 4.28. The minimum atomic E-state index is -1.83. The van der Waals surface area contributed by atoms with Crippen LogP contribution in [0.1, 0.15) is 59.3 Å². The number of hydrogen-bond acceptors (Lipinski definition) is 4. The zero-order chi connectivity index (χ0) is 25.5. The molecule has 1 aliphatic rings. The maximum Gasteiger partial charge on any atom is 0.503 e. The number of halogens is 2. The predicted octanol–water partition coefficient (Wildman–Crippen LogP) is 5.34. The lowest BCUT2D eigenvalue weighted by Gasteiger charge is -2.21. The Hall–Kier alpha value is -3.69. The van der Waals surface area contributed by atoms with Crippen LogP contribution in [-0.2, 0) is 6.61 Å². The number of ether oxygens (including phenoxy) is 1. The average Bonchev–Trinajstić information content (AvgIpc) is 3.13. The number of nitrogens with one attached hydrogen (secondary N) is 1. The van der Waals surface area contributed by atoms with Crippen molar-refractivity contribution in [3.8, 4) is 5.88 Å². The van der Waals surface area contributed by atoms with Gasteiger partial charge in [0.05, 0.1) is 22.3 Å². The highest BCUT2D eigenvalue weighted by Gasteiger charge is 2.22. The van der Waals surface area contributed by atoms with Crippen LogP contribution in [0, 0.1) is 31.4 Å². The van der Waals surface area contributed by atoms with Crippen molar-refractivity contribution in [1.82, 2.24) is 14.9 Å². The van der Waals surface area contributed by atoms with Crippen LogP contribution in [0.25, 0.3) is 5.52 Å². The van der Waals surface area contributed by atoms with Crippen LogP contribution >= 0.6 is 0 Å². The molecule has 2 heterocycles. The Morgan fingerprint density at radius 3 is 2.37 bits per heavy atom. The topological polar surface area (TPSA) is 113 Å². The van der Waals surface area contributed by atoms with E-state index < -0.39 is 17.8 Å². The zero-order valence-corrected chi connectivity index (χ0v) is 19.7. The SMILES string of the molecule is Cc1cc(OCc2c(F)cccc2F)n2nc(C)c(C(=O)NCC3CCCCC3)c2c1.O=C(O)O. The van der Waals surface area contributed by atoms with Gasteiger partial charge in [-0.3, -0.25) is 4.79 Å². The number of carboxylic acid groups (broad SMARTS) is 2. The van der Waals surface area contributed by atoms with Gasteiger partial charge in [0.1, 0.15) is 18.2 Å². The van der Waals surface area contributed by atoms with Crippen molar-refractivity contribution in [3.63, 3.8) is 0 Å². The van der Waals surface area contributed by atoms with E-state index in [2.05, 4.69) is 10.4 Å². The van der Waals surface area contributed by atoms with Crippen LogP contribution in [-0.4, -0.2) is 38.4 Å². The third-order valence-electron chi connectivity index (χ3n) is 5.95. The minimum Gasteiger partial charge on any atom is -0.473 e. The maximum atomic E-state index is 14.0. The predicted molar refractivity (Wildman–Crippen MR) is 125 cm³/mol. The van der Waals surface area contributed by atoms with Gasteiger partial charge in [0.15, 0.2) is 0 Å². The standard InChI is InChI=1S/C24H27F2N3O2.CH2O3/c1-15-11-21-23(24(30)27-13-17-7-4-3-5-8-17)16(2)28-29(21)22(12-15)31-14-18-19(25)9-6-10-20(18)26;2-1(3)4/h6,9-12,17H,3-5,7-8,13-14H2,1-2H3,(H,27,30);(H2,2,3,4). The van der Waals surface area contributed by atoms with E-state index in [4.69, 9.17) is 19.7 Å². The summed E-state index contributed by atoms with van der Waals surface area (Å²) in [5.74, 6) is -0.635.